The second-order valence-corrected chi connectivity index (χ2v) is 6.30. The summed E-state index contributed by atoms with van der Waals surface area (Å²) in [5, 5.41) is 4.48. The van der Waals surface area contributed by atoms with Crippen LogP contribution >= 0.6 is 0 Å². The van der Waals surface area contributed by atoms with E-state index in [1.165, 1.54) is 25.0 Å². The quantitative estimate of drug-likeness (QED) is 0.769. The largest absolute Gasteiger partial charge is 0.438 e. The summed E-state index contributed by atoms with van der Waals surface area (Å²) in [7, 11) is 1.83. The van der Waals surface area contributed by atoms with Gasteiger partial charge in [-0.3, -0.25) is 4.98 Å². The Morgan fingerprint density at radius 2 is 2.08 bits per heavy atom. The minimum Gasteiger partial charge on any atom is -0.438 e. The van der Waals surface area contributed by atoms with E-state index in [4.69, 9.17) is 10.5 Å². The normalized spacial score (nSPS) is 13.9. The summed E-state index contributed by atoms with van der Waals surface area (Å²) in [4.78, 5) is 4.41. The number of aryl methyl sites for hydroxylation is 1. The van der Waals surface area contributed by atoms with Gasteiger partial charge in [0.1, 0.15) is 11.6 Å². The number of pyridine rings is 1. The average molecular weight is 338 g/mol. The van der Waals surface area contributed by atoms with Gasteiger partial charge in [0.25, 0.3) is 0 Å². The van der Waals surface area contributed by atoms with Crippen LogP contribution < -0.4 is 10.5 Å². The van der Waals surface area contributed by atoms with Crippen LogP contribution in [0.25, 0.3) is 11.3 Å². The van der Waals surface area contributed by atoms with Gasteiger partial charge >= 0.3 is 0 Å². The van der Waals surface area contributed by atoms with Gasteiger partial charge in [0, 0.05) is 43.4 Å². The van der Waals surface area contributed by atoms with Crippen LogP contribution in [0.3, 0.4) is 0 Å². The fourth-order valence-electron chi connectivity index (χ4n) is 2.75. The predicted octanol–water partition coefficient (Wildman–Crippen LogP) is 3.75. The molecule has 1 aromatic carbocycles. The van der Waals surface area contributed by atoms with Crippen LogP contribution in [0.2, 0.25) is 0 Å². The zero-order valence-electron chi connectivity index (χ0n) is 13.9. The van der Waals surface area contributed by atoms with E-state index in [-0.39, 0.29) is 5.82 Å². The molecule has 3 aromatic rings. The number of ether oxygens (including phenoxy) is 1. The van der Waals surface area contributed by atoms with E-state index in [9.17, 15) is 4.39 Å². The van der Waals surface area contributed by atoms with Crippen molar-refractivity contribution in [1.29, 1.82) is 0 Å². The van der Waals surface area contributed by atoms with Crippen molar-refractivity contribution in [2.75, 3.05) is 0 Å². The maximum atomic E-state index is 13.8. The van der Waals surface area contributed by atoms with Crippen LogP contribution in [0.1, 0.15) is 30.0 Å². The number of hydrogen-bond acceptors (Lipinski definition) is 4. The third kappa shape index (κ3) is 3.25. The van der Waals surface area contributed by atoms with Gasteiger partial charge in [-0.1, -0.05) is 6.07 Å². The molecule has 1 fully saturated rings. The first-order chi connectivity index (χ1) is 12.1. The van der Waals surface area contributed by atoms with Gasteiger partial charge in [0.15, 0.2) is 0 Å². The highest BCUT2D eigenvalue weighted by Gasteiger charge is 2.27. The lowest BCUT2D eigenvalue weighted by molar-refractivity contribution is 0.428. The minimum atomic E-state index is -0.359. The summed E-state index contributed by atoms with van der Waals surface area (Å²) in [5.74, 6) is 1.17. The molecule has 128 valence electrons. The van der Waals surface area contributed by atoms with Gasteiger partial charge in [0.2, 0.25) is 5.88 Å². The molecule has 0 unspecified atom stereocenters. The molecule has 0 bridgehead atoms. The summed E-state index contributed by atoms with van der Waals surface area (Å²) in [6, 6.07) is 10.1. The van der Waals surface area contributed by atoms with E-state index in [2.05, 4.69) is 10.1 Å². The number of hydrogen-bond donors (Lipinski definition) is 1. The summed E-state index contributed by atoms with van der Waals surface area (Å²) in [6.45, 7) is 0.430. The molecule has 5 nitrogen and oxygen atoms in total. The van der Waals surface area contributed by atoms with Gasteiger partial charge in [-0.2, -0.15) is 5.10 Å². The Kier molecular flexibility index (Phi) is 3.97. The SMILES string of the molecule is Cn1nc(C2CC2)cc1Oc1cc(F)ccc1-c1ccc(CN)cn1. The first-order valence-corrected chi connectivity index (χ1v) is 8.31. The van der Waals surface area contributed by atoms with Crippen LogP contribution in [0.5, 0.6) is 11.6 Å². The molecule has 25 heavy (non-hydrogen) atoms. The maximum absolute atomic E-state index is 13.8. The van der Waals surface area contributed by atoms with Crippen LogP contribution in [0.15, 0.2) is 42.6 Å². The fraction of sp³-hybridized carbons (Fsp3) is 0.263. The fourth-order valence-corrected chi connectivity index (χ4v) is 2.75. The van der Waals surface area contributed by atoms with Crippen molar-refractivity contribution in [2.45, 2.75) is 25.3 Å². The standard InChI is InChI=1S/C19H19FN4O/c1-24-19(9-17(23-24)13-3-4-13)25-18-8-14(20)5-6-15(18)16-7-2-12(10-21)11-22-16/h2,5-9,11,13H,3-4,10,21H2,1H3. The highest BCUT2D eigenvalue weighted by atomic mass is 19.1. The van der Waals surface area contributed by atoms with E-state index in [1.54, 1.807) is 16.9 Å². The lowest BCUT2D eigenvalue weighted by Crippen LogP contribution is -1.99. The van der Waals surface area contributed by atoms with Crippen molar-refractivity contribution in [1.82, 2.24) is 14.8 Å². The molecule has 0 spiro atoms. The summed E-state index contributed by atoms with van der Waals surface area (Å²) < 4.78 is 21.5. The zero-order valence-corrected chi connectivity index (χ0v) is 13.9. The molecule has 0 saturated heterocycles. The molecule has 0 aliphatic heterocycles. The summed E-state index contributed by atoms with van der Waals surface area (Å²) in [5.41, 5.74) is 9.01. The Bertz CT molecular complexity index is 900. The first kappa shape index (κ1) is 15.8. The van der Waals surface area contributed by atoms with E-state index >= 15 is 0 Å². The number of rotatable bonds is 5. The Morgan fingerprint density at radius 1 is 1.24 bits per heavy atom. The van der Waals surface area contributed by atoms with Crippen LogP contribution in [-0.4, -0.2) is 14.8 Å². The van der Waals surface area contributed by atoms with Crippen molar-refractivity contribution in [2.24, 2.45) is 12.8 Å². The smallest absolute Gasteiger partial charge is 0.217 e. The van der Waals surface area contributed by atoms with Crippen molar-refractivity contribution < 1.29 is 9.13 Å². The van der Waals surface area contributed by atoms with Gasteiger partial charge in [-0.15, -0.1) is 0 Å². The highest BCUT2D eigenvalue weighted by Crippen LogP contribution is 2.41. The van der Waals surface area contributed by atoms with E-state index in [0.29, 0.717) is 29.8 Å². The van der Waals surface area contributed by atoms with Gasteiger partial charge in [-0.25, -0.2) is 9.07 Å². The van der Waals surface area contributed by atoms with Crippen molar-refractivity contribution in [3.05, 3.63) is 59.7 Å². The molecule has 1 aliphatic rings. The third-order valence-corrected chi connectivity index (χ3v) is 4.35. The Hall–Kier alpha value is -2.73. The second-order valence-electron chi connectivity index (χ2n) is 6.30. The molecule has 0 amide bonds. The molecule has 4 rings (SSSR count). The Labute approximate surface area is 145 Å². The van der Waals surface area contributed by atoms with Crippen molar-refractivity contribution in [3.8, 4) is 22.9 Å². The number of aromatic nitrogens is 3. The third-order valence-electron chi connectivity index (χ3n) is 4.35. The number of nitrogens with two attached hydrogens (primary N) is 1. The summed E-state index contributed by atoms with van der Waals surface area (Å²) in [6.07, 6.45) is 4.05. The molecule has 0 atom stereocenters. The Balaban J connectivity index is 1.69. The molecule has 2 heterocycles. The van der Waals surface area contributed by atoms with Gasteiger partial charge in [-0.05, 0) is 36.6 Å². The lowest BCUT2D eigenvalue weighted by atomic mass is 10.1. The van der Waals surface area contributed by atoms with Crippen molar-refractivity contribution >= 4 is 0 Å². The molecule has 1 aliphatic carbocycles. The number of halogens is 1. The topological polar surface area (TPSA) is 66.0 Å². The van der Waals surface area contributed by atoms with Gasteiger partial charge < -0.3 is 10.5 Å². The lowest BCUT2D eigenvalue weighted by Gasteiger charge is -2.11. The first-order valence-electron chi connectivity index (χ1n) is 8.31. The average Bonchev–Trinajstić information content (AvgIpc) is 3.40. The molecular formula is C19H19FN4O. The van der Waals surface area contributed by atoms with Gasteiger partial charge in [0.05, 0.1) is 11.4 Å². The molecular weight excluding hydrogens is 319 g/mol. The van der Waals surface area contributed by atoms with E-state index in [1.807, 2.05) is 25.2 Å². The van der Waals surface area contributed by atoms with E-state index in [0.717, 1.165) is 16.8 Å². The predicted molar refractivity (Wildman–Crippen MR) is 92.8 cm³/mol. The second kappa shape index (κ2) is 6.29. The van der Waals surface area contributed by atoms with E-state index < -0.39 is 0 Å². The number of nitrogens with zero attached hydrogens (tertiary/aromatic N) is 3. The molecule has 2 N–H and O–H groups in total. The summed E-state index contributed by atoms with van der Waals surface area (Å²) >= 11 is 0. The monoisotopic (exact) mass is 338 g/mol. The minimum absolute atomic E-state index is 0.359. The maximum Gasteiger partial charge on any atom is 0.217 e. The molecule has 2 aromatic heterocycles. The molecule has 0 radical (unpaired) electrons. The van der Waals surface area contributed by atoms with Crippen LogP contribution in [0.4, 0.5) is 4.39 Å². The molecule has 6 heteroatoms. The number of benzene rings is 1. The van der Waals surface area contributed by atoms with Crippen molar-refractivity contribution in [3.63, 3.8) is 0 Å². The highest BCUT2D eigenvalue weighted by molar-refractivity contribution is 5.67. The van der Waals surface area contributed by atoms with Crippen LogP contribution in [-0.2, 0) is 13.6 Å². The Morgan fingerprint density at radius 3 is 2.76 bits per heavy atom. The van der Waals surface area contributed by atoms with Crippen LogP contribution in [0, 0.1) is 5.82 Å². The zero-order chi connectivity index (χ0) is 17.4. The molecule has 1 saturated carbocycles.